The van der Waals surface area contributed by atoms with Gasteiger partial charge in [0.15, 0.2) is 0 Å². The summed E-state index contributed by atoms with van der Waals surface area (Å²) in [6, 6.07) is 5.62. The molecule has 1 atom stereocenters. The molecule has 0 fully saturated rings. The van der Waals surface area contributed by atoms with Crippen molar-refractivity contribution < 1.29 is 28.7 Å². The van der Waals surface area contributed by atoms with E-state index in [0.29, 0.717) is 11.8 Å². The number of benzene rings is 1. The molecule has 0 aromatic heterocycles. The fraction of sp³-hybridized carbons (Fsp3) is 0.444. The van der Waals surface area contributed by atoms with Gasteiger partial charge in [-0.25, -0.2) is 4.79 Å². The molecule has 142 valence electrons. The average molecular weight is 364 g/mol. The fourth-order valence-electron chi connectivity index (χ4n) is 1.98. The van der Waals surface area contributed by atoms with Crippen LogP contribution in [0, 0.1) is 0 Å². The molecule has 26 heavy (non-hydrogen) atoms. The van der Waals surface area contributed by atoms with Crippen molar-refractivity contribution in [3.8, 4) is 0 Å². The highest BCUT2D eigenvalue weighted by atomic mass is 16.6. The molecule has 0 saturated heterocycles. The van der Waals surface area contributed by atoms with E-state index < -0.39 is 29.6 Å². The van der Waals surface area contributed by atoms with E-state index in [1.54, 1.807) is 45.0 Å². The number of rotatable bonds is 7. The number of ether oxygens (including phenoxy) is 2. The van der Waals surface area contributed by atoms with Crippen molar-refractivity contribution in [1.82, 2.24) is 10.6 Å². The van der Waals surface area contributed by atoms with Gasteiger partial charge in [-0.3, -0.25) is 14.4 Å². The number of hydrogen-bond acceptors (Lipinski definition) is 6. The van der Waals surface area contributed by atoms with E-state index in [-0.39, 0.29) is 13.0 Å². The summed E-state index contributed by atoms with van der Waals surface area (Å²) >= 11 is 0. The van der Waals surface area contributed by atoms with Gasteiger partial charge in [0.25, 0.3) is 0 Å². The third-order valence-corrected chi connectivity index (χ3v) is 3.20. The maximum Gasteiger partial charge on any atom is 0.408 e. The third kappa shape index (κ3) is 7.78. The summed E-state index contributed by atoms with van der Waals surface area (Å²) in [5, 5.41) is 4.90. The second-order valence-corrected chi connectivity index (χ2v) is 6.56. The number of aldehydes is 1. The van der Waals surface area contributed by atoms with Gasteiger partial charge in [0.1, 0.15) is 24.5 Å². The Kier molecular flexibility index (Phi) is 7.77. The van der Waals surface area contributed by atoms with Gasteiger partial charge in [0.2, 0.25) is 5.91 Å². The first kappa shape index (κ1) is 21.1. The Hall–Kier alpha value is -2.90. The Morgan fingerprint density at radius 3 is 2.27 bits per heavy atom. The van der Waals surface area contributed by atoms with Crippen LogP contribution in [0.5, 0.6) is 0 Å². The lowest BCUT2D eigenvalue weighted by molar-refractivity contribution is -0.141. The molecule has 0 radical (unpaired) electrons. The molecule has 0 heterocycles. The quantitative estimate of drug-likeness (QED) is 0.556. The van der Waals surface area contributed by atoms with Crippen LogP contribution >= 0.6 is 0 Å². The van der Waals surface area contributed by atoms with E-state index in [0.717, 1.165) is 5.56 Å². The highest BCUT2D eigenvalue weighted by molar-refractivity contribution is 5.88. The van der Waals surface area contributed by atoms with Crippen LogP contribution in [-0.4, -0.2) is 49.6 Å². The van der Waals surface area contributed by atoms with Crippen LogP contribution in [0.2, 0.25) is 0 Å². The predicted molar refractivity (Wildman–Crippen MR) is 93.7 cm³/mol. The number of amides is 2. The molecular formula is C18H24N2O6. The SMILES string of the molecule is COC(=O)CNC(=O)C(Cc1ccc(C=O)cc1)NC(=O)OC(C)(C)C. The number of carbonyl (C=O) groups excluding carboxylic acids is 4. The maximum atomic E-state index is 12.3. The molecule has 0 aliphatic carbocycles. The summed E-state index contributed by atoms with van der Waals surface area (Å²) in [6.07, 6.45) is 0.120. The highest BCUT2D eigenvalue weighted by Crippen LogP contribution is 2.09. The van der Waals surface area contributed by atoms with Crippen LogP contribution in [0.1, 0.15) is 36.7 Å². The average Bonchev–Trinajstić information content (AvgIpc) is 2.57. The van der Waals surface area contributed by atoms with Crippen LogP contribution in [0.3, 0.4) is 0 Å². The van der Waals surface area contributed by atoms with Crippen molar-refractivity contribution in [3.05, 3.63) is 35.4 Å². The van der Waals surface area contributed by atoms with E-state index in [1.165, 1.54) is 7.11 Å². The van der Waals surface area contributed by atoms with Crippen molar-refractivity contribution >= 4 is 24.3 Å². The van der Waals surface area contributed by atoms with Crippen molar-refractivity contribution in [2.24, 2.45) is 0 Å². The summed E-state index contributed by atoms with van der Waals surface area (Å²) in [4.78, 5) is 46.3. The standard InChI is InChI=1S/C18H24N2O6/c1-18(2,3)26-17(24)20-14(16(23)19-10-15(22)25-4)9-12-5-7-13(11-21)8-6-12/h5-8,11,14H,9-10H2,1-4H3,(H,19,23)(H,20,24). The van der Waals surface area contributed by atoms with E-state index in [2.05, 4.69) is 15.4 Å². The highest BCUT2D eigenvalue weighted by Gasteiger charge is 2.25. The number of nitrogens with one attached hydrogen (secondary N) is 2. The minimum Gasteiger partial charge on any atom is -0.468 e. The van der Waals surface area contributed by atoms with Crippen LogP contribution in [-0.2, 0) is 25.5 Å². The molecule has 0 aliphatic heterocycles. The van der Waals surface area contributed by atoms with Gasteiger partial charge in [-0.05, 0) is 26.3 Å². The largest absolute Gasteiger partial charge is 0.468 e. The molecule has 1 aromatic rings. The summed E-state index contributed by atoms with van der Waals surface area (Å²) < 4.78 is 9.64. The molecule has 0 saturated carbocycles. The summed E-state index contributed by atoms with van der Waals surface area (Å²) in [5.41, 5.74) is 0.508. The Labute approximate surface area is 152 Å². The molecular weight excluding hydrogens is 340 g/mol. The van der Waals surface area contributed by atoms with Gasteiger partial charge in [0, 0.05) is 12.0 Å². The van der Waals surface area contributed by atoms with E-state index in [4.69, 9.17) is 4.74 Å². The van der Waals surface area contributed by atoms with Crippen molar-refractivity contribution in [2.75, 3.05) is 13.7 Å². The molecule has 2 amide bonds. The fourth-order valence-corrected chi connectivity index (χ4v) is 1.98. The first-order valence-electron chi connectivity index (χ1n) is 8.02. The van der Waals surface area contributed by atoms with E-state index in [1.807, 2.05) is 0 Å². The zero-order valence-corrected chi connectivity index (χ0v) is 15.3. The second-order valence-electron chi connectivity index (χ2n) is 6.56. The van der Waals surface area contributed by atoms with Crippen LogP contribution in [0.4, 0.5) is 4.79 Å². The first-order valence-corrected chi connectivity index (χ1v) is 8.02. The molecule has 0 aliphatic rings. The lowest BCUT2D eigenvalue weighted by Gasteiger charge is -2.23. The smallest absolute Gasteiger partial charge is 0.408 e. The second kappa shape index (κ2) is 9.55. The van der Waals surface area contributed by atoms with Crippen LogP contribution < -0.4 is 10.6 Å². The zero-order valence-electron chi connectivity index (χ0n) is 15.3. The molecule has 1 rings (SSSR count). The monoisotopic (exact) mass is 364 g/mol. The Morgan fingerprint density at radius 2 is 1.77 bits per heavy atom. The molecule has 2 N–H and O–H groups in total. The summed E-state index contributed by atoms with van der Waals surface area (Å²) in [7, 11) is 1.21. The third-order valence-electron chi connectivity index (χ3n) is 3.20. The maximum absolute atomic E-state index is 12.3. The van der Waals surface area contributed by atoms with Crippen LogP contribution in [0.25, 0.3) is 0 Å². The van der Waals surface area contributed by atoms with Gasteiger partial charge in [-0.2, -0.15) is 0 Å². The normalized spacial score (nSPS) is 11.8. The molecule has 1 aromatic carbocycles. The lowest BCUT2D eigenvalue weighted by atomic mass is 10.0. The number of alkyl carbamates (subject to hydrolysis) is 1. The number of methoxy groups -OCH3 is 1. The Bertz CT molecular complexity index is 649. The Balaban J connectivity index is 2.84. The number of esters is 1. The van der Waals surface area contributed by atoms with Gasteiger partial charge < -0.3 is 20.1 Å². The van der Waals surface area contributed by atoms with Gasteiger partial charge in [-0.15, -0.1) is 0 Å². The molecule has 0 spiro atoms. The van der Waals surface area contributed by atoms with Crippen molar-refractivity contribution in [2.45, 2.75) is 38.8 Å². The molecule has 8 heteroatoms. The first-order chi connectivity index (χ1) is 12.1. The lowest BCUT2D eigenvalue weighted by Crippen LogP contribution is -2.50. The molecule has 1 unspecified atom stereocenters. The van der Waals surface area contributed by atoms with Crippen molar-refractivity contribution in [1.29, 1.82) is 0 Å². The van der Waals surface area contributed by atoms with Gasteiger partial charge in [0.05, 0.1) is 7.11 Å². The molecule has 0 bridgehead atoms. The zero-order chi connectivity index (χ0) is 19.7. The summed E-state index contributed by atoms with van der Waals surface area (Å²) in [6.45, 7) is 4.80. The summed E-state index contributed by atoms with van der Waals surface area (Å²) in [5.74, 6) is -1.16. The minimum atomic E-state index is -0.961. The number of carbonyl (C=O) groups is 4. The van der Waals surface area contributed by atoms with Crippen molar-refractivity contribution in [3.63, 3.8) is 0 Å². The van der Waals surface area contributed by atoms with Gasteiger partial charge in [-0.1, -0.05) is 24.3 Å². The van der Waals surface area contributed by atoms with Gasteiger partial charge >= 0.3 is 12.1 Å². The van der Waals surface area contributed by atoms with E-state index in [9.17, 15) is 19.2 Å². The topological polar surface area (TPSA) is 111 Å². The minimum absolute atomic E-state index is 0.158. The number of hydrogen-bond donors (Lipinski definition) is 2. The molecule has 8 nitrogen and oxygen atoms in total. The Morgan fingerprint density at radius 1 is 1.15 bits per heavy atom. The predicted octanol–water partition coefficient (Wildman–Crippen LogP) is 1.22. The van der Waals surface area contributed by atoms with Crippen LogP contribution in [0.15, 0.2) is 24.3 Å². The van der Waals surface area contributed by atoms with E-state index >= 15 is 0 Å².